The monoisotopic (exact) mass is 332 g/mol. The first-order valence-corrected chi connectivity index (χ1v) is 8.37. The average Bonchev–Trinajstić information content (AvgIpc) is 2.97. The largest absolute Gasteiger partial charge is 0.345 e. The molecule has 4 aromatic rings. The van der Waals surface area contributed by atoms with Crippen molar-refractivity contribution in [3.63, 3.8) is 0 Å². The number of aryl methyl sites for hydroxylation is 1. The molecule has 4 rings (SSSR count). The average molecular weight is 333 g/mol. The summed E-state index contributed by atoms with van der Waals surface area (Å²) >= 11 is 6.27. The van der Waals surface area contributed by atoms with E-state index in [1.807, 2.05) is 24.3 Å². The van der Waals surface area contributed by atoms with Crippen molar-refractivity contribution in [1.29, 1.82) is 0 Å². The maximum Gasteiger partial charge on any atom is 0.111 e. The number of H-pyrrole nitrogens is 1. The number of nitrogens with zero attached hydrogens (tertiary/aromatic N) is 1. The molecule has 0 aliphatic carbocycles. The van der Waals surface area contributed by atoms with Crippen LogP contribution in [0.1, 0.15) is 17.1 Å². The third kappa shape index (κ3) is 2.70. The smallest absolute Gasteiger partial charge is 0.111 e. The van der Waals surface area contributed by atoms with E-state index in [0.29, 0.717) is 6.42 Å². The van der Waals surface area contributed by atoms with Gasteiger partial charge in [0.2, 0.25) is 0 Å². The van der Waals surface area contributed by atoms with Crippen molar-refractivity contribution in [2.75, 3.05) is 0 Å². The molecule has 3 aromatic carbocycles. The molecule has 0 saturated carbocycles. The van der Waals surface area contributed by atoms with Gasteiger partial charge in [0.1, 0.15) is 5.82 Å². The van der Waals surface area contributed by atoms with Crippen LogP contribution < -0.4 is 0 Å². The second-order valence-corrected chi connectivity index (χ2v) is 6.36. The van der Waals surface area contributed by atoms with Crippen molar-refractivity contribution >= 4 is 22.4 Å². The van der Waals surface area contributed by atoms with Crippen LogP contribution in [0.5, 0.6) is 0 Å². The minimum absolute atomic E-state index is 0.700. The van der Waals surface area contributed by atoms with Crippen LogP contribution in [0.25, 0.3) is 22.0 Å². The molecular weight excluding hydrogens is 316 g/mol. The fourth-order valence-electron chi connectivity index (χ4n) is 3.12. The van der Waals surface area contributed by atoms with Crippen molar-refractivity contribution in [3.05, 3.63) is 88.8 Å². The molecule has 0 radical (unpaired) electrons. The molecule has 0 unspecified atom stereocenters. The number of halogens is 1. The van der Waals surface area contributed by atoms with E-state index in [4.69, 9.17) is 16.6 Å². The SMILES string of the molecule is Cc1[nH]c(Cc2ccccc2Cl)nc1-c1cccc2ccccc12. The Balaban J connectivity index is 1.77. The zero-order valence-electron chi connectivity index (χ0n) is 13.4. The van der Waals surface area contributed by atoms with E-state index in [-0.39, 0.29) is 0 Å². The van der Waals surface area contributed by atoms with Crippen LogP contribution in [0.3, 0.4) is 0 Å². The Labute approximate surface area is 146 Å². The molecule has 118 valence electrons. The molecule has 2 nitrogen and oxygen atoms in total. The molecule has 3 heteroatoms. The minimum atomic E-state index is 0.700. The van der Waals surface area contributed by atoms with E-state index in [1.165, 1.54) is 10.8 Å². The molecule has 1 heterocycles. The van der Waals surface area contributed by atoms with Crippen molar-refractivity contribution in [2.45, 2.75) is 13.3 Å². The Morgan fingerprint density at radius 1 is 0.917 bits per heavy atom. The van der Waals surface area contributed by atoms with Crippen LogP contribution in [0.15, 0.2) is 66.7 Å². The van der Waals surface area contributed by atoms with Gasteiger partial charge >= 0.3 is 0 Å². The quantitative estimate of drug-likeness (QED) is 0.506. The number of aromatic nitrogens is 2. The van der Waals surface area contributed by atoms with Gasteiger partial charge in [-0.3, -0.25) is 0 Å². The fourth-order valence-corrected chi connectivity index (χ4v) is 3.32. The maximum absolute atomic E-state index is 6.27. The first kappa shape index (κ1) is 15.0. The summed E-state index contributed by atoms with van der Waals surface area (Å²) in [5.41, 5.74) is 4.33. The summed E-state index contributed by atoms with van der Waals surface area (Å²) < 4.78 is 0. The van der Waals surface area contributed by atoms with Crippen LogP contribution in [0.2, 0.25) is 5.02 Å². The van der Waals surface area contributed by atoms with Crippen molar-refractivity contribution in [3.8, 4) is 11.3 Å². The highest BCUT2D eigenvalue weighted by atomic mass is 35.5. The lowest BCUT2D eigenvalue weighted by atomic mass is 10.0. The summed E-state index contributed by atoms with van der Waals surface area (Å²) in [5.74, 6) is 0.934. The Morgan fingerprint density at radius 2 is 1.67 bits per heavy atom. The summed E-state index contributed by atoms with van der Waals surface area (Å²) in [7, 11) is 0. The molecule has 0 amide bonds. The maximum atomic E-state index is 6.27. The molecule has 1 aromatic heterocycles. The van der Waals surface area contributed by atoms with Gasteiger partial charge in [0.25, 0.3) is 0 Å². The van der Waals surface area contributed by atoms with Gasteiger partial charge in [0.15, 0.2) is 0 Å². The number of nitrogens with one attached hydrogen (secondary N) is 1. The summed E-state index contributed by atoms with van der Waals surface area (Å²) in [4.78, 5) is 8.27. The predicted molar refractivity (Wildman–Crippen MR) is 101 cm³/mol. The van der Waals surface area contributed by atoms with Gasteiger partial charge in [-0.05, 0) is 29.3 Å². The molecule has 0 fully saturated rings. The van der Waals surface area contributed by atoms with Gasteiger partial charge in [-0.15, -0.1) is 0 Å². The predicted octanol–water partition coefficient (Wildman–Crippen LogP) is 5.78. The second-order valence-electron chi connectivity index (χ2n) is 5.95. The van der Waals surface area contributed by atoms with Crippen LogP contribution in [-0.2, 0) is 6.42 Å². The van der Waals surface area contributed by atoms with E-state index in [9.17, 15) is 0 Å². The Kier molecular flexibility index (Phi) is 3.83. The highest BCUT2D eigenvalue weighted by Crippen LogP contribution is 2.30. The third-order valence-corrected chi connectivity index (χ3v) is 4.66. The first-order chi connectivity index (χ1) is 11.7. The molecular formula is C21H17ClN2. The topological polar surface area (TPSA) is 28.7 Å². The molecule has 0 aliphatic rings. The highest BCUT2D eigenvalue weighted by Gasteiger charge is 2.12. The van der Waals surface area contributed by atoms with Gasteiger partial charge in [-0.1, -0.05) is 72.3 Å². The standard InChI is InChI=1S/C21H17ClN2/c1-14-21(18-11-6-9-15-7-2-4-10-17(15)18)24-20(23-14)13-16-8-3-5-12-19(16)22/h2-12H,13H2,1H3,(H,23,24). The van der Waals surface area contributed by atoms with Crippen molar-refractivity contribution in [2.24, 2.45) is 0 Å². The molecule has 1 N–H and O–H groups in total. The van der Waals surface area contributed by atoms with E-state index in [0.717, 1.165) is 33.4 Å². The Morgan fingerprint density at radius 3 is 2.54 bits per heavy atom. The summed E-state index contributed by atoms with van der Waals surface area (Å²) in [5, 5.41) is 3.22. The van der Waals surface area contributed by atoms with Gasteiger partial charge in [0, 0.05) is 22.7 Å². The van der Waals surface area contributed by atoms with E-state index in [1.54, 1.807) is 0 Å². The molecule has 0 spiro atoms. The zero-order valence-corrected chi connectivity index (χ0v) is 14.1. The molecule has 0 saturated heterocycles. The summed E-state index contributed by atoms with van der Waals surface area (Å²) in [6.45, 7) is 2.07. The highest BCUT2D eigenvalue weighted by molar-refractivity contribution is 6.31. The molecule has 0 atom stereocenters. The van der Waals surface area contributed by atoms with Gasteiger partial charge < -0.3 is 4.98 Å². The van der Waals surface area contributed by atoms with E-state index < -0.39 is 0 Å². The fraction of sp³-hybridized carbons (Fsp3) is 0.0952. The van der Waals surface area contributed by atoms with Gasteiger partial charge in [-0.25, -0.2) is 4.98 Å². The number of aromatic amines is 1. The first-order valence-electron chi connectivity index (χ1n) is 7.99. The van der Waals surface area contributed by atoms with Gasteiger partial charge in [-0.2, -0.15) is 0 Å². The number of imidazole rings is 1. The normalized spacial score (nSPS) is 11.1. The van der Waals surface area contributed by atoms with Crippen molar-refractivity contribution < 1.29 is 0 Å². The third-order valence-electron chi connectivity index (χ3n) is 4.29. The van der Waals surface area contributed by atoms with Crippen LogP contribution >= 0.6 is 11.6 Å². The van der Waals surface area contributed by atoms with Crippen molar-refractivity contribution in [1.82, 2.24) is 9.97 Å². The zero-order chi connectivity index (χ0) is 16.5. The lowest BCUT2D eigenvalue weighted by molar-refractivity contribution is 1.02. The second kappa shape index (κ2) is 6.14. The van der Waals surface area contributed by atoms with Crippen LogP contribution in [0, 0.1) is 6.92 Å². The van der Waals surface area contributed by atoms with Gasteiger partial charge in [0.05, 0.1) is 5.69 Å². The van der Waals surface area contributed by atoms with Crippen LogP contribution in [-0.4, -0.2) is 9.97 Å². The molecule has 24 heavy (non-hydrogen) atoms. The summed E-state index contributed by atoms with van der Waals surface area (Å²) in [6.07, 6.45) is 0.700. The lowest BCUT2D eigenvalue weighted by Gasteiger charge is -2.04. The van der Waals surface area contributed by atoms with Crippen LogP contribution in [0.4, 0.5) is 0 Å². The number of hydrogen-bond acceptors (Lipinski definition) is 1. The summed E-state index contributed by atoms with van der Waals surface area (Å²) in [6, 6.07) is 22.7. The number of benzene rings is 3. The lowest BCUT2D eigenvalue weighted by Crippen LogP contribution is -1.91. The number of fused-ring (bicyclic) bond motifs is 1. The number of hydrogen-bond donors (Lipinski definition) is 1. The Bertz CT molecular complexity index is 1010. The Hall–Kier alpha value is -2.58. The van der Waals surface area contributed by atoms with E-state index in [2.05, 4.69) is 54.4 Å². The van der Waals surface area contributed by atoms with E-state index >= 15 is 0 Å². The molecule has 0 aliphatic heterocycles. The number of rotatable bonds is 3. The molecule has 0 bridgehead atoms. The minimum Gasteiger partial charge on any atom is -0.345 e.